The van der Waals surface area contributed by atoms with Gasteiger partial charge in [0.2, 0.25) is 5.88 Å². The van der Waals surface area contributed by atoms with Crippen LogP contribution in [0.5, 0.6) is 5.88 Å². The lowest BCUT2D eigenvalue weighted by atomic mass is 10.1. The molecule has 0 bridgehead atoms. The molecule has 26 heavy (non-hydrogen) atoms. The van der Waals surface area contributed by atoms with E-state index in [0.29, 0.717) is 21.4 Å². The maximum atomic E-state index is 12.6. The molecule has 8 heteroatoms. The summed E-state index contributed by atoms with van der Waals surface area (Å²) in [6.45, 7) is 3.91. The molecule has 1 heterocycles. The summed E-state index contributed by atoms with van der Waals surface area (Å²) in [4.78, 5) is 0.0629. The fourth-order valence-electron chi connectivity index (χ4n) is 2.27. The molecule has 0 aliphatic rings. The van der Waals surface area contributed by atoms with Crippen molar-refractivity contribution >= 4 is 33.3 Å². The summed E-state index contributed by atoms with van der Waals surface area (Å²) < 4.78 is 31.9. The van der Waals surface area contributed by atoms with Crippen LogP contribution < -0.4 is 4.18 Å². The third-order valence-electron chi connectivity index (χ3n) is 3.66. The number of hydrogen-bond donors (Lipinski definition) is 0. The molecule has 136 valence electrons. The third kappa shape index (κ3) is 3.87. The number of halogens is 2. The molecule has 5 nitrogen and oxygen atoms in total. The van der Waals surface area contributed by atoms with Crippen LogP contribution in [0, 0.1) is 0 Å². The summed E-state index contributed by atoms with van der Waals surface area (Å²) in [7, 11) is -3.99. The average Bonchev–Trinajstić information content (AvgIpc) is 3.01. The second-order valence-electron chi connectivity index (χ2n) is 5.92. The lowest BCUT2D eigenvalue weighted by molar-refractivity contribution is 0.465. The summed E-state index contributed by atoms with van der Waals surface area (Å²) in [6, 6.07) is 14.4. The van der Waals surface area contributed by atoms with Gasteiger partial charge in [-0.1, -0.05) is 55.2 Å². The van der Waals surface area contributed by atoms with Crippen LogP contribution >= 0.6 is 23.2 Å². The van der Waals surface area contributed by atoms with Gasteiger partial charge in [0.1, 0.15) is 4.90 Å². The number of nitrogens with zero attached hydrogens (tertiary/aromatic N) is 2. The van der Waals surface area contributed by atoms with Crippen molar-refractivity contribution in [2.45, 2.75) is 24.7 Å². The fourth-order valence-corrected chi connectivity index (χ4v) is 3.49. The van der Waals surface area contributed by atoms with Gasteiger partial charge in [0.05, 0.1) is 21.4 Å². The van der Waals surface area contributed by atoms with Crippen LogP contribution in [0.3, 0.4) is 0 Å². The van der Waals surface area contributed by atoms with Gasteiger partial charge in [-0.15, -0.1) is 0 Å². The van der Waals surface area contributed by atoms with E-state index in [-0.39, 0.29) is 16.7 Å². The van der Waals surface area contributed by atoms with E-state index in [0.717, 1.165) is 0 Å². The smallest absolute Gasteiger partial charge is 0.340 e. The second kappa shape index (κ2) is 7.31. The number of rotatable bonds is 5. The van der Waals surface area contributed by atoms with Crippen LogP contribution in [0.1, 0.15) is 25.5 Å². The van der Waals surface area contributed by atoms with Gasteiger partial charge in [0.15, 0.2) is 0 Å². The van der Waals surface area contributed by atoms with Gasteiger partial charge in [-0.3, -0.25) is 0 Å². The summed E-state index contributed by atoms with van der Waals surface area (Å²) >= 11 is 12.0. The summed E-state index contributed by atoms with van der Waals surface area (Å²) in [5.74, 6) is 0.164. The van der Waals surface area contributed by atoms with Crippen LogP contribution in [0.25, 0.3) is 5.69 Å². The molecule has 2 aromatic carbocycles. The van der Waals surface area contributed by atoms with Crippen molar-refractivity contribution in [3.63, 3.8) is 0 Å². The Morgan fingerprint density at radius 3 is 2.31 bits per heavy atom. The highest BCUT2D eigenvalue weighted by atomic mass is 35.5. The van der Waals surface area contributed by atoms with Gasteiger partial charge >= 0.3 is 10.1 Å². The first-order chi connectivity index (χ1) is 12.3. The van der Waals surface area contributed by atoms with Crippen LogP contribution in [-0.2, 0) is 10.1 Å². The molecular weight excluding hydrogens is 395 g/mol. The van der Waals surface area contributed by atoms with E-state index >= 15 is 0 Å². The molecule has 0 fully saturated rings. The van der Waals surface area contributed by atoms with Gasteiger partial charge in [-0.05, 0) is 36.2 Å². The Morgan fingerprint density at radius 2 is 1.69 bits per heavy atom. The molecule has 0 unspecified atom stereocenters. The van der Waals surface area contributed by atoms with Crippen molar-refractivity contribution in [2.24, 2.45) is 0 Å². The number of hydrogen-bond acceptors (Lipinski definition) is 4. The third-order valence-corrected chi connectivity index (χ3v) is 5.64. The molecule has 3 aromatic rings. The molecule has 0 spiro atoms. The Balaban J connectivity index is 2.07. The predicted octanol–water partition coefficient (Wildman–Crippen LogP) is 5.07. The lowest BCUT2D eigenvalue weighted by Crippen LogP contribution is -2.12. The van der Waals surface area contributed by atoms with Crippen molar-refractivity contribution in [1.82, 2.24) is 9.78 Å². The largest absolute Gasteiger partial charge is 0.358 e. The highest BCUT2D eigenvalue weighted by Crippen LogP contribution is 2.30. The molecule has 0 aliphatic carbocycles. The van der Waals surface area contributed by atoms with E-state index in [9.17, 15) is 8.42 Å². The number of benzene rings is 2. The Bertz CT molecular complexity index is 1030. The molecule has 0 saturated carbocycles. The van der Waals surface area contributed by atoms with Gasteiger partial charge in [0.25, 0.3) is 0 Å². The van der Waals surface area contributed by atoms with E-state index in [1.54, 1.807) is 42.5 Å². The van der Waals surface area contributed by atoms with Gasteiger partial charge in [0, 0.05) is 6.07 Å². The Hall–Kier alpha value is -2.02. The lowest BCUT2D eigenvalue weighted by Gasteiger charge is -2.10. The van der Waals surface area contributed by atoms with Crippen LogP contribution in [0.2, 0.25) is 10.0 Å². The van der Waals surface area contributed by atoms with Crippen molar-refractivity contribution in [3.05, 3.63) is 70.3 Å². The maximum absolute atomic E-state index is 12.6. The second-order valence-corrected chi connectivity index (χ2v) is 8.28. The summed E-state index contributed by atoms with van der Waals surface area (Å²) in [6.07, 6.45) is 0. The molecule has 0 atom stereocenters. The minimum absolute atomic E-state index is 0.0629. The molecule has 0 aliphatic heterocycles. The zero-order valence-electron chi connectivity index (χ0n) is 14.1. The Labute approximate surface area is 162 Å². The zero-order chi connectivity index (χ0) is 18.9. The molecule has 0 saturated heterocycles. The monoisotopic (exact) mass is 410 g/mol. The summed E-state index contributed by atoms with van der Waals surface area (Å²) in [5.41, 5.74) is 1.24. The van der Waals surface area contributed by atoms with E-state index in [4.69, 9.17) is 27.4 Å². The van der Waals surface area contributed by atoms with Crippen LogP contribution in [0.15, 0.2) is 59.5 Å². The average molecular weight is 411 g/mol. The van der Waals surface area contributed by atoms with E-state index in [1.165, 1.54) is 16.8 Å². The molecular formula is C18H16Cl2N2O3S. The molecule has 0 amide bonds. The van der Waals surface area contributed by atoms with Crippen molar-refractivity contribution in [2.75, 3.05) is 0 Å². The normalized spacial score (nSPS) is 11.7. The first kappa shape index (κ1) is 18.8. The van der Waals surface area contributed by atoms with Crippen LogP contribution in [0.4, 0.5) is 0 Å². The molecule has 1 aromatic heterocycles. The minimum atomic E-state index is -3.99. The maximum Gasteiger partial charge on any atom is 0.340 e. The summed E-state index contributed by atoms with van der Waals surface area (Å²) in [5, 5.41) is 5.18. The Morgan fingerprint density at radius 1 is 1.00 bits per heavy atom. The highest BCUT2D eigenvalue weighted by molar-refractivity contribution is 7.87. The van der Waals surface area contributed by atoms with Gasteiger partial charge in [-0.25, -0.2) is 0 Å². The highest BCUT2D eigenvalue weighted by Gasteiger charge is 2.22. The minimum Gasteiger partial charge on any atom is -0.358 e. The molecule has 0 N–H and O–H groups in total. The molecule has 0 radical (unpaired) electrons. The van der Waals surface area contributed by atoms with Gasteiger partial charge in [-0.2, -0.15) is 18.2 Å². The Kier molecular flexibility index (Phi) is 5.27. The topological polar surface area (TPSA) is 61.2 Å². The quantitative estimate of drug-likeness (QED) is 0.550. The SMILES string of the molecule is CC(C)c1cc(OS(=O)(=O)c2ccccc2)n(-c2ccc(Cl)c(Cl)c2)n1. The standard InChI is InChI=1S/C18H16Cl2N2O3S/c1-12(2)17-11-18(25-26(23,24)14-6-4-3-5-7-14)22(21-17)13-8-9-15(19)16(20)10-13/h3-12H,1-2H3. The first-order valence-corrected chi connectivity index (χ1v) is 9.99. The van der Waals surface area contributed by atoms with Crippen LogP contribution in [-0.4, -0.2) is 18.2 Å². The molecule has 3 rings (SSSR count). The van der Waals surface area contributed by atoms with Gasteiger partial charge < -0.3 is 4.18 Å². The zero-order valence-corrected chi connectivity index (χ0v) is 16.4. The van der Waals surface area contributed by atoms with Crippen molar-refractivity contribution in [3.8, 4) is 11.6 Å². The predicted molar refractivity (Wildman–Crippen MR) is 102 cm³/mol. The fraction of sp³-hybridized carbons (Fsp3) is 0.167. The van der Waals surface area contributed by atoms with Crippen molar-refractivity contribution < 1.29 is 12.6 Å². The van der Waals surface area contributed by atoms with E-state index < -0.39 is 10.1 Å². The first-order valence-electron chi connectivity index (χ1n) is 7.83. The van der Waals surface area contributed by atoms with E-state index in [1.807, 2.05) is 13.8 Å². The van der Waals surface area contributed by atoms with Crippen molar-refractivity contribution in [1.29, 1.82) is 0 Å². The number of aromatic nitrogens is 2. The van der Waals surface area contributed by atoms with E-state index in [2.05, 4.69) is 5.10 Å².